The van der Waals surface area contributed by atoms with E-state index >= 15 is 0 Å². The number of methoxy groups -OCH3 is 1. The molecule has 100 valence electrons. The van der Waals surface area contributed by atoms with Gasteiger partial charge in [-0.05, 0) is 49.4 Å². The van der Waals surface area contributed by atoms with Crippen molar-refractivity contribution in [2.45, 2.75) is 20.3 Å². The van der Waals surface area contributed by atoms with E-state index in [-0.39, 0.29) is 0 Å². The second-order valence-electron chi connectivity index (χ2n) is 5.24. The topological polar surface area (TPSA) is 33.3 Å². The lowest BCUT2D eigenvalue weighted by Crippen LogP contribution is -2.47. The molecular weight excluding hydrogens is 224 g/mol. The molecule has 0 unspecified atom stereocenters. The van der Waals surface area contributed by atoms with Crippen LogP contribution in [0.25, 0.3) is 0 Å². The average Bonchev–Trinajstić information content (AvgIpc) is 2.26. The van der Waals surface area contributed by atoms with Gasteiger partial charge in [-0.3, -0.25) is 0 Å². The summed E-state index contributed by atoms with van der Waals surface area (Å²) in [6.07, 6.45) is 1.09. The van der Waals surface area contributed by atoms with Crippen LogP contribution in [0.2, 0.25) is 0 Å². The number of hydrogen-bond acceptors (Lipinski definition) is 3. The Morgan fingerprint density at radius 1 is 1.28 bits per heavy atom. The van der Waals surface area contributed by atoms with Crippen molar-refractivity contribution in [2.75, 3.05) is 33.3 Å². The van der Waals surface area contributed by atoms with Crippen molar-refractivity contribution in [3.05, 3.63) is 28.8 Å². The van der Waals surface area contributed by atoms with Crippen LogP contribution in [-0.4, -0.2) is 33.3 Å². The molecule has 0 spiro atoms. The molecular formula is C15H24N2O. The van der Waals surface area contributed by atoms with Crippen molar-refractivity contribution in [3.63, 3.8) is 0 Å². The smallest absolute Gasteiger partial charge is 0.124 e. The first-order valence-corrected chi connectivity index (χ1v) is 6.76. The van der Waals surface area contributed by atoms with E-state index in [0.29, 0.717) is 0 Å². The van der Waals surface area contributed by atoms with Crippen LogP contribution in [0, 0.1) is 19.8 Å². The third-order valence-corrected chi connectivity index (χ3v) is 3.61. The van der Waals surface area contributed by atoms with Crippen LogP contribution >= 0.6 is 0 Å². The summed E-state index contributed by atoms with van der Waals surface area (Å²) in [6, 6.07) is 4.47. The summed E-state index contributed by atoms with van der Waals surface area (Å²) in [5.41, 5.74) is 3.86. The number of benzene rings is 1. The predicted molar refractivity (Wildman–Crippen MR) is 75.4 cm³/mol. The van der Waals surface area contributed by atoms with Gasteiger partial charge in [-0.25, -0.2) is 0 Å². The number of nitrogens with one attached hydrogen (secondary N) is 2. The molecule has 0 atom stereocenters. The van der Waals surface area contributed by atoms with Crippen LogP contribution in [0.1, 0.15) is 16.7 Å². The SMILES string of the molecule is COc1c(C)cc(CCNCC2CNC2)cc1C. The van der Waals surface area contributed by atoms with E-state index in [4.69, 9.17) is 4.74 Å². The molecule has 1 saturated heterocycles. The number of ether oxygens (including phenoxy) is 1. The second kappa shape index (κ2) is 6.21. The molecule has 3 nitrogen and oxygen atoms in total. The number of hydrogen-bond donors (Lipinski definition) is 2. The minimum Gasteiger partial charge on any atom is -0.496 e. The van der Waals surface area contributed by atoms with Crippen molar-refractivity contribution in [2.24, 2.45) is 5.92 Å². The van der Waals surface area contributed by atoms with Crippen LogP contribution < -0.4 is 15.4 Å². The van der Waals surface area contributed by atoms with E-state index < -0.39 is 0 Å². The summed E-state index contributed by atoms with van der Waals surface area (Å²) in [4.78, 5) is 0. The van der Waals surface area contributed by atoms with Crippen molar-refractivity contribution >= 4 is 0 Å². The van der Waals surface area contributed by atoms with Crippen LogP contribution in [-0.2, 0) is 6.42 Å². The van der Waals surface area contributed by atoms with Gasteiger partial charge in [0.25, 0.3) is 0 Å². The molecule has 2 rings (SSSR count). The van der Waals surface area contributed by atoms with Gasteiger partial charge in [-0.1, -0.05) is 12.1 Å². The summed E-state index contributed by atoms with van der Waals surface area (Å²) in [6.45, 7) is 8.77. The highest BCUT2D eigenvalue weighted by Crippen LogP contribution is 2.24. The monoisotopic (exact) mass is 248 g/mol. The van der Waals surface area contributed by atoms with Gasteiger partial charge in [0.1, 0.15) is 5.75 Å². The standard InChI is InChI=1S/C15H24N2O/c1-11-6-13(7-12(2)15(11)18-3)4-5-16-8-14-9-17-10-14/h6-7,14,16-17H,4-5,8-10H2,1-3H3. The molecule has 0 aromatic heterocycles. The van der Waals surface area contributed by atoms with E-state index in [2.05, 4.69) is 36.6 Å². The summed E-state index contributed by atoms with van der Waals surface area (Å²) in [5, 5.41) is 6.83. The van der Waals surface area contributed by atoms with E-state index in [1.54, 1.807) is 7.11 Å². The Morgan fingerprint density at radius 3 is 2.44 bits per heavy atom. The number of rotatable bonds is 6. The lowest BCUT2D eigenvalue weighted by atomic mass is 10.0. The minimum atomic E-state index is 0.837. The molecule has 1 fully saturated rings. The molecule has 2 N–H and O–H groups in total. The highest BCUT2D eigenvalue weighted by Gasteiger charge is 2.15. The van der Waals surface area contributed by atoms with Crippen LogP contribution in [0.3, 0.4) is 0 Å². The first-order valence-electron chi connectivity index (χ1n) is 6.76. The normalized spacial score (nSPS) is 15.5. The third-order valence-electron chi connectivity index (χ3n) is 3.61. The molecule has 0 saturated carbocycles. The minimum absolute atomic E-state index is 0.837. The zero-order valence-electron chi connectivity index (χ0n) is 11.7. The molecule has 1 aromatic rings. The molecule has 1 aliphatic heterocycles. The van der Waals surface area contributed by atoms with Gasteiger partial charge in [-0.15, -0.1) is 0 Å². The first-order chi connectivity index (χ1) is 8.70. The summed E-state index contributed by atoms with van der Waals surface area (Å²) < 4.78 is 5.39. The zero-order chi connectivity index (χ0) is 13.0. The zero-order valence-corrected chi connectivity index (χ0v) is 11.7. The van der Waals surface area contributed by atoms with Crippen molar-refractivity contribution < 1.29 is 4.74 Å². The Bertz CT molecular complexity index is 376. The van der Waals surface area contributed by atoms with Gasteiger partial charge in [0, 0.05) is 19.6 Å². The van der Waals surface area contributed by atoms with Gasteiger partial charge in [0.2, 0.25) is 0 Å². The van der Waals surface area contributed by atoms with Crippen LogP contribution in [0.4, 0.5) is 0 Å². The summed E-state index contributed by atoms with van der Waals surface area (Å²) >= 11 is 0. The Morgan fingerprint density at radius 2 is 1.94 bits per heavy atom. The molecule has 0 amide bonds. The van der Waals surface area contributed by atoms with Gasteiger partial charge in [0.05, 0.1) is 7.11 Å². The van der Waals surface area contributed by atoms with E-state index in [0.717, 1.165) is 31.2 Å². The Balaban J connectivity index is 1.81. The maximum Gasteiger partial charge on any atom is 0.124 e. The molecule has 3 heteroatoms. The molecule has 1 heterocycles. The fraction of sp³-hybridized carbons (Fsp3) is 0.600. The Hall–Kier alpha value is -1.06. The Kier molecular flexibility index (Phi) is 4.61. The molecule has 1 aromatic carbocycles. The molecule has 1 aliphatic rings. The molecule has 0 aliphatic carbocycles. The molecule has 0 radical (unpaired) electrons. The number of aryl methyl sites for hydroxylation is 2. The fourth-order valence-corrected chi connectivity index (χ4v) is 2.54. The lowest BCUT2D eigenvalue weighted by molar-refractivity contribution is 0.333. The van der Waals surface area contributed by atoms with E-state index in [1.807, 2.05) is 0 Å². The van der Waals surface area contributed by atoms with E-state index in [1.165, 1.54) is 29.8 Å². The van der Waals surface area contributed by atoms with Crippen molar-refractivity contribution in [3.8, 4) is 5.75 Å². The molecule has 0 bridgehead atoms. The first kappa shape index (κ1) is 13.4. The lowest BCUT2D eigenvalue weighted by Gasteiger charge is -2.27. The highest BCUT2D eigenvalue weighted by atomic mass is 16.5. The second-order valence-corrected chi connectivity index (χ2v) is 5.24. The van der Waals surface area contributed by atoms with Crippen LogP contribution in [0.5, 0.6) is 5.75 Å². The van der Waals surface area contributed by atoms with Gasteiger partial charge >= 0.3 is 0 Å². The largest absolute Gasteiger partial charge is 0.496 e. The molecule has 18 heavy (non-hydrogen) atoms. The fourth-order valence-electron chi connectivity index (χ4n) is 2.54. The van der Waals surface area contributed by atoms with Crippen molar-refractivity contribution in [1.29, 1.82) is 0 Å². The predicted octanol–water partition coefficient (Wildman–Crippen LogP) is 1.66. The van der Waals surface area contributed by atoms with Gasteiger partial charge in [-0.2, -0.15) is 0 Å². The summed E-state index contributed by atoms with van der Waals surface area (Å²) in [7, 11) is 1.74. The third kappa shape index (κ3) is 3.24. The maximum atomic E-state index is 5.39. The van der Waals surface area contributed by atoms with Crippen molar-refractivity contribution in [1.82, 2.24) is 10.6 Å². The van der Waals surface area contributed by atoms with Gasteiger partial charge < -0.3 is 15.4 Å². The summed E-state index contributed by atoms with van der Waals surface area (Å²) in [5.74, 6) is 1.86. The van der Waals surface area contributed by atoms with Crippen LogP contribution in [0.15, 0.2) is 12.1 Å². The maximum absolute atomic E-state index is 5.39. The Labute approximate surface area is 110 Å². The van der Waals surface area contributed by atoms with Gasteiger partial charge in [0.15, 0.2) is 0 Å². The highest BCUT2D eigenvalue weighted by molar-refractivity contribution is 5.43. The van der Waals surface area contributed by atoms with E-state index in [9.17, 15) is 0 Å². The quantitative estimate of drug-likeness (QED) is 0.751. The average molecular weight is 248 g/mol.